The van der Waals surface area contributed by atoms with Crippen molar-refractivity contribution in [2.45, 2.75) is 17.9 Å². The molecule has 2 aromatic rings. The monoisotopic (exact) mass is 265 g/mol. The van der Waals surface area contributed by atoms with E-state index in [4.69, 9.17) is 4.42 Å². The van der Waals surface area contributed by atoms with Crippen LogP contribution in [-0.2, 0) is 9.84 Å². The minimum absolute atomic E-state index is 0.0187. The van der Waals surface area contributed by atoms with Crippen LogP contribution in [0.5, 0.6) is 0 Å². The molecule has 0 amide bonds. The second-order valence-corrected chi connectivity index (χ2v) is 6.20. The standard InChI is InChI=1S/C13H15NO3S/c1-10(13-7-4-8-17-13)14-11-5-3-6-12(9-11)18(2,15)16/h3-10,14H,1-2H3. The van der Waals surface area contributed by atoms with E-state index in [1.165, 1.54) is 6.26 Å². The first-order chi connectivity index (χ1) is 8.47. The van der Waals surface area contributed by atoms with E-state index in [0.717, 1.165) is 11.4 Å². The highest BCUT2D eigenvalue weighted by Gasteiger charge is 2.10. The van der Waals surface area contributed by atoms with E-state index in [9.17, 15) is 8.42 Å². The second-order valence-electron chi connectivity index (χ2n) is 4.18. The molecule has 5 heteroatoms. The Morgan fingerprint density at radius 1 is 1.22 bits per heavy atom. The summed E-state index contributed by atoms with van der Waals surface area (Å²) in [7, 11) is -3.18. The third-order valence-corrected chi connectivity index (χ3v) is 3.73. The molecule has 1 aromatic carbocycles. The fourth-order valence-corrected chi connectivity index (χ4v) is 2.34. The van der Waals surface area contributed by atoms with Gasteiger partial charge in [-0.05, 0) is 37.3 Å². The zero-order valence-corrected chi connectivity index (χ0v) is 11.1. The number of nitrogens with one attached hydrogen (secondary N) is 1. The van der Waals surface area contributed by atoms with Gasteiger partial charge >= 0.3 is 0 Å². The van der Waals surface area contributed by atoms with Gasteiger partial charge in [0.25, 0.3) is 0 Å². The van der Waals surface area contributed by atoms with Gasteiger partial charge in [-0.3, -0.25) is 0 Å². The number of benzene rings is 1. The summed E-state index contributed by atoms with van der Waals surface area (Å²) in [6, 6.07) is 10.4. The van der Waals surface area contributed by atoms with Crippen molar-refractivity contribution in [1.29, 1.82) is 0 Å². The van der Waals surface area contributed by atoms with Crippen LogP contribution < -0.4 is 5.32 Å². The minimum Gasteiger partial charge on any atom is -0.467 e. The van der Waals surface area contributed by atoms with Crippen molar-refractivity contribution in [3.05, 3.63) is 48.4 Å². The number of furan rings is 1. The summed E-state index contributed by atoms with van der Waals surface area (Å²) in [5.74, 6) is 0.805. The summed E-state index contributed by atoms with van der Waals surface area (Å²) in [6.45, 7) is 1.95. The van der Waals surface area contributed by atoms with Crippen molar-refractivity contribution in [2.75, 3.05) is 11.6 Å². The summed E-state index contributed by atoms with van der Waals surface area (Å²) < 4.78 is 28.2. The van der Waals surface area contributed by atoms with Gasteiger partial charge in [-0.15, -0.1) is 0 Å². The summed E-state index contributed by atoms with van der Waals surface area (Å²) >= 11 is 0. The molecule has 0 spiro atoms. The Hall–Kier alpha value is -1.75. The molecule has 1 aromatic heterocycles. The number of sulfone groups is 1. The van der Waals surface area contributed by atoms with E-state index < -0.39 is 9.84 Å². The van der Waals surface area contributed by atoms with Gasteiger partial charge in [0.15, 0.2) is 9.84 Å². The van der Waals surface area contributed by atoms with Crippen LogP contribution in [0.15, 0.2) is 52.0 Å². The highest BCUT2D eigenvalue weighted by atomic mass is 32.2. The molecule has 1 unspecified atom stereocenters. The van der Waals surface area contributed by atoms with Gasteiger partial charge in [0.2, 0.25) is 0 Å². The van der Waals surface area contributed by atoms with Crippen molar-refractivity contribution in [3.63, 3.8) is 0 Å². The molecule has 0 saturated carbocycles. The van der Waals surface area contributed by atoms with Crippen LogP contribution in [0.2, 0.25) is 0 Å². The number of anilines is 1. The Kier molecular flexibility index (Phi) is 3.43. The molecule has 4 nitrogen and oxygen atoms in total. The van der Waals surface area contributed by atoms with E-state index in [2.05, 4.69) is 5.32 Å². The van der Waals surface area contributed by atoms with E-state index in [0.29, 0.717) is 4.90 Å². The zero-order valence-electron chi connectivity index (χ0n) is 10.3. The largest absolute Gasteiger partial charge is 0.467 e. The summed E-state index contributed by atoms with van der Waals surface area (Å²) in [5, 5.41) is 3.20. The van der Waals surface area contributed by atoms with Gasteiger partial charge in [-0.25, -0.2) is 8.42 Å². The third kappa shape index (κ3) is 2.92. The van der Waals surface area contributed by atoms with Crippen molar-refractivity contribution < 1.29 is 12.8 Å². The molecule has 0 radical (unpaired) electrons. The molecule has 18 heavy (non-hydrogen) atoms. The van der Waals surface area contributed by atoms with E-state index >= 15 is 0 Å². The summed E-state index contributed by atoms with van der Waals surface area (Å²) in [5.41, 5.74) is 0.752. The predicted molar refractivity (Wildman–Crippen MR) is 70.3 cm³/mol. The lowest BCUT2D eigenvalue weighted by Gasteiger charge is -2.13. The quantitative estimate of drug-likeness (QED) is 0.923. The van der Waals surface area contributed by atoms with Crippen molar-refractivity contribution >= 4 is 15.5 Å². The molecule has 96 valence electrons. The molecule has 1 atom stereocenters. The first kappa shape index (κ1) is 12.7. The Bertz CT molecular complexity index is 617. The summed E-state index contributed by atoms with van der Waals surface area (Å²) in [4.78, 5) is 0.305. The van der Waals surface area contributed by atoms with Gasteiger partial charge in [0.05, 0.1) is 17.2 Å². The SMILES string of the molecule is CC(Nc1cccc(S(C)(=O)=O)c1)c1ccco1. The molecule has 0 fully saturated rings. The average Bonchev–Trinajstić information content (AvgIpc) is 2.81. The van der Waals surface area contributed by atoms with Crippen LogP contribution in [-0.4, -0.2) is 14.7 Å². The molecule has 2 rings (SSSR count). The van der Waals surface area contributed by atoms with Gasteiger partial charge in [-0.1, -0.05) is 6.07 Å². The number of rotatable bonds is 4. The van der Waals surface area contributed by atoms with Crippen molar-refractivity contribution in [3.8, 4) is 0 Å². The van der Waals surface area contributed by atoms with Crippen LogP contribution >= 0.6 is 0 Å². The summed E-state index contributed by atoms with van der Waals surface area (Å²) in [6.07, 6.45) is 2.81. The third-order valence-electron chi connectivity index (χ3n) is 2.62. The predicted octanol–water partition coefficient (Wildman–Crippen LogP) is 2.86. The maximum Gasteiger partial charge on any atom is 0.175 e. The lowest BCUT2D eigenvalue weighted by atomic mass is 10.2. The van der Waals surface area contributed by atoms with E-state index in [1.807, 2.05) is 25.1 Å². The smallest absolute Gasteiger partial charge is 0.175 e. The maximum absolute atomic E-state index is 11.5. The van der Waals surface area contributed by atoms with E-state index in [1.54, 1.807) is 24.5 Å². The molecule has 1 N–H and O–H groups in total. The first-order valence-electron chi connectivity index (χ1n) is 5.57. The Balaban J connectivity index is 2.20. The second kappa shape index (κ2) is 4.86. The average molecular weight is 265 g/mol. The fraction of sp³-hybridized carbons (Fsp3) is 0.231. The Labute approximate surface area is 107 Å². The number of hydrogen-bond acceptors (Lipinski definition) is 4. The van der Waals surface area contributed by atoms with Crippen LogP contribution in [0.4, 0.5) is 5.69 Å². The van der Waals surface area contributed by atoms with Crippen LogP contribution in [0.1, 0.15) is 18.7 Å². The molecular weight excluding hydrogens is 250 g/mol. The molecule has 1 heterocycles. The molecule has 0 bridgehead atoms. The Morgan fingerprint density at radius 2 is 2.00 bits per heavy atom. The Morgan fingerprint density at radius 3 is 2.61 bits per heavy atom. The van der Waals surface area contributed by atoms with Crippen molar-refractivity contribution in [1.82, 2.24) is 0 Å². The van der Waals surface area contributed by atoms with E-state index in [-0.39, 0.29) is 6.04 Å². The highest BCUT2D eigenvalue weighted by Crippen LogP contribution is 2.21. The van der Waals surface area contributed by atoms with Crippen LogP contribution in [0.3, 0.4) is 0 Å². The van der Waals surface area contributed by atoms with Gasteiger partial charge in [0.1, 0.15) is 5.76 Å². The topological polar surface area (TPSA) is 59.3 Å². The molecule has 0 aliphatic heterocycles. The maximum atomic E-state index is 11.5. The molecule has 0 aliphatic rings. The lowest BCUT2D eigenvalue weighted by molar-refractivity contribution is 0.490. The van der Waals surface area contributed by atoms with Crippen LogP contribution in [0.25, 0.3) is 0 Å². The number of hydrogen-bond donors (Lipinski definition) is 1. The lowest BCUT2D eigenvalue weighted by Crippen LogP contribution is -2.06. The van der Waals surface area contributed by atoms with Gasteiger partial charge in [0, 0.05) is 11.9 Å². The molecule has 0 saturated heterocycles. The fourth-order valence-electron chi connectivity index (χ4n) is 1.68. The highest BCUT2D eigenvalue weighted by molar-refractivity contribution is 7.90. The van der Waals surface area contributed by atoms with Gasteiger partial charge in [-0.2, -0.15) is 0 Å². The van der Waals surface area contributed by atoms with Gasteiger partial charge < -0.3 is 9.73 Å². The zero-order chi connectivity index (χ0) is 13.2. The molecular formula is C13H15NO3S. The normalized spacial score (nSPS) is 13.2. The van der Waals surface area contributed by atoms with Crippen molar-refractivity contribution in [2.24, 2.45) is 0 Å². The molecule has 0 aliphatic carbocycles. The first-order valence-corrected chi connectivity index (χ1v) is 7.46. The van der Waals surface area contributed by atoms with Crippen LogP contribution in [0, 0.1) is 0 Å². The minimum atomic E-state index is -3.18.